The van der Waals surface area contributed by atoms with Crippen LogP contribution in [0.1, 0.15) is 24.5 Å². The number of hydrazone groups is 1. The minimum absolute atomic E-state index is 0.337. The molecule has 0 aliphatic heterocycles. The third-order valence-corrected chi connectivity index (χ3v) is 5.62. The molecule has 0 aliphatic carbocycles. The Morgan fingerprint density at radius 1 is 0.971 bits per heavy atom. The molecular weight excluding hydrogens is 440 g/mol. The van der Waals surface area contributed by atoms with Crippen molar-refractivity contribution < 1.29 is 9.47 Å². The standard InChI is InChI=1S/C27H26N6O2/c1-3-15-33-22-12-8-7-11-21(22)25-26(33)29-27(32-30-25)31-28-17-20-13-14-23(24(16-20)34-2)35-18-19-9-5-4-6-10-19/h4-14,16-17H,3,15,18H2,1-2H3,(H,29,31,32)/b28-17+. The molecular formula is C27H26N6O2. The van der Waals surface area contributed by atoms with Crippen molar-refractivity contribution in [2.45, 2.75) is 26.5 Å². The number of nitrogens with one attached hydrogen (secondary N) is 1. The molecule has 5 rings (SSSR count). The molecule has 0 radical (unpaired) electrons. The number of methoxy groups -OCH3 is 1. The number of rotatable bonds is 9. The van der Waals surface area contributed by atoms with Crippen LogP contribution in [0, 0.1) is 0 Å². The molecule has 0 unspecified atom stereocenters. The van der Waals surface area contributed by atoms with E-state index in [-0.39, 0.29) is 0 Å². The van der Waals surface area contributed by atoms with Crippen molar-refractivity contribution in [2.24, 2.45) is 5.10 Å². The SMILES string of the molecule is CCCn1c2ccccc2c2nnc(N/N=C/c3ccc(OCc4ccccc4)c(OC)c3)nc21. The van der Waals surface area contributed by atoms with Crippen molar-refractivity contribution in [3.05, 3.63) is 83.9 Å². The van der Waals surface area contributed by atoms with Crippen LogP contribution in [0.3, 0.4) is 0 Å². The highest BCUT2D eigenvalue weighted by Gasteiger charge is 2.14. The lowest BCUT2D eigenvalue weighted by atomic mass is 10.2. The van der Waals surface area contributed by atoms with Gasteiger partial charge in [-0.25, -0.2) is 5.43 Å². The van der Waals surface area contributed by atoms with Crippen molar-refractivity contribution in [1.29, 1.82) is 0 Å². The van der Waals surface area contributed by atoms with Gasteiger partial charge in [0.15, 0.2) is 17.1 Å². The maximum Gasteiger partial charge on any atom is 0.265 e. The third kappa shape index (κ3) is 4.77. The van der Waals surface area contributed by atoms with Gasteiger partial charge in [-0.15, -0.1) is 10.2 Å². The molecule has 3 aromatic carbocycles. The summed E-state index contributed by atoms with van der Waals surface area (Å²) in [5, 5.41) is 14.0. The fourth-order valence-electron chi connectivity index (χ4n) is 3.98. The van der Waals surface area contributed by atoms with Gasteiger partial charge in [0, 0.05) is 11.9 Å². The van der Waals surface area contributed by atoms with Crippen molar-refractivity contribution in [3.63, 3.8) is 0 Å². The number of hydrogen-bond donors (Lipinski definition) is 1. The van der Waals surface area contributed by atoms with Gasteiger partial charge in [0.2, 0.25) is 0 Å². The summed E-state index contributed by atoms with van der Waals surface area (Å²) in [5.74, 6) is 1.64. The van der Waals surface area contributed by atoms with Gasteiger partial charge >= 0.3 is 0 Å². The highest BCUT2D eigenvalue weighted by molar-refractivity contribution is 6.04. The second-order valence-corrected chi connectivity index (χ2v) is 8.03. The Labute approximate surface area is 203 Å². The number of para-hydroxylation sites is 1. The van der Waals surface area contributed by atoms with Crippen LogP contribution in [0.5, 0.6) is 11.5 Å². The van der Waals surface area contributed by atoms with Crippen LogP contribution in [-0.4, -0.2) is 33.1 Å². The number of hydrogen-bond acceptors (Lipinski definition) is 7. The fourth-order valence-corrected chi connectivity index (χ4v) is 3.98. The van der Waals surface area contributed by atoms with Crippen LogP contribution in [0.4, 0.5) is 5.95 Å². The summed E-state index contributed by atoms with van der Waals surface area (Å²) in [6.45, 7) is 3.46. The van der Waals surface area contributed by atoms with E-state index in [0.717, 1.165) is 46.2 Å². The van der Waals surface area contributed by atoms with Crippen LogP contribution in [0.15, 0.2) is 77.9 Å². The van der Waals surface area contributed by atoms with Gasteiger partial charge in [0.05, 0.1) is 18.8 Å². The lowest BCUT2D eigenvalue weighted by Gasteiger charge is -2.11. The molecule has 0 bridgehead atoms. The van der Waals surface area contributed by atoms with Crippen molar-refractivity contribution in [1.82, 2.24) is 19.7 Å². The number of ether oxygens (including phenoxy) is 2. The Balaban J connectivity index is 1.32. The Morgan fingerprint density at radius 2 is 1.80 bits per heavy atom. The molecule has 0 saturated carbocycles. The quantitative estimate of drug-likeness (QED) is 0.230. The van der Waals surface area contributed by atoms with E-state index in [1.165, 1.54) is 0 Å². The molecule has 0 saturated heterocycles. The number of fused-ring (bicyclic) bond motifs is 3. The van der Waals surface area contributed by atoms with Gasteiger partial charge in [-0.05, 0) is 41.8 Å². The first kappa shape index (κ1) is 22.3. The van der Waals surface area contributed by atoms with Crippen molar-refractivity contribution in [3.8, 4) is 11.5 Å². The third-order valence-electron chi connectivity index (χ3n) is 5.62. The summed E-state index contributed by atoms with van der Waals surface area (Å²) in [7, 11) is 1.62. The normalized spacial score (nSPS) is 11.4. The number of benzene rings is 3. The Hall–Kier alpha value is -4.46. The van der Waals surface area contributed by atoms with Crippen molar-refractivity contribution in [2.75, 3.05) is 12.5 Å². The van der Waals surface area contributed by atoms with Gasteiger partial charge < -0.3 is 14.0 Å². The largest absolute Gasteiger partial charge is 0.493 e. The summed E-state index contributed by atoms with van der Waals surface area (Å²) < 4.78 is 13.6. The first-order valence-electron chi connectivity index (χ1n) is 11.5. The molecule has 0 fully saturated rings. The number of aromatic nitrogens is 4. The van der Waals surface area contributed by atoms with Gasteiger partial charge in [0.1, 0.15) is 12.1 Å². The molecule has 176 valence electrons. The number of aryl methyl sites for hydroxylation is 1. The molecule has 8 heteroatoms. The van der Waals surface area contributed by atoms with E-state index in [1.807, 2.05) is 66.7 Å². The molecule has 0 aliphatic rings. The summed E-state index contributed by atoms with van der Waals surface area (Å²) >= 11 is 0. The monoisotopic (exact) mass is 466 g/mol. The molecule has 8 nitrogen and oxygen atoms in total. The fraction of sp³-hybridized carbons (Fsp3) is 0.185. The Morgan fingerprint density at radius 3 is 2.63 bits per heavy atom. The summed E-state index contributed by atoms with van der Waals surface area (Å²) in [6.07, 6.45) is 2.67. The molecule has 0 amide bonds. The second kappa shape index (κ2) is 10.2. The molecule has 5 aromatic rings. The van der Waals surface area contributed by atoms with Crippen molar-refractivity contribution >= 4 is 34.2 Å². The minimum Gasteiger partial charge on any atom is -0.493 e. The van der Waals surface area contributed by atoms with Gasteiger partial charge in [-0.3, -0.25) is 0 Å². The van der Waals surface area contributed by atoms with Crippen LogP contribution >= 0.6 is 0 Å². The van der Waals surface area contributed by atoms with E-state index in [2.05, 4.69) is 43.3 Å². The zero-order valence-electron chi connectivity index (χ0n) is 19.7. The lowest BCUT2D eigenvalue weighted by Crippen LogP contribution is -2.03. The first-order chi connectivity index (χ1) is 17.3. The Bertz CT molecular complexity index is 1480. The maximum atomic E-state index is 5.92. The molecule has 1 N–H and O–H groups in total. The molecule has 2 aromatic heterocycles. The van der Waals surface area contributed by atoms with Crippen LogP contribution in [0.2, 0.25) is 0 Å². The van der Waals surface area contributed by atoms with E-state index in [4.69, 9.17) is 9.47 Å². The molecule has 0 atom stereocenters. The molecule has 35 heavy (non-hydrogen) atoms. The topological polar surface area (TPSA) is 86.5 Å². The average molecular weight is 467 g/mol. The Kier molecular flexibility index (Phi) is 6.52. The van der Waals surface area contributed by atoms with E-state index >= 15 is 0 Å². The van der Waals surface area contributed by atoms with Gasteiger partial charge in [0.25, 0.3) is 5.95 Å². The predicted molar refractivity (Wildman–Crippen MR) is 138 cm³/mol. The zero-order chi connectivity index (χ0) is 24.0. The van der Waals surface area contributed by atoms with Gasteiger partial charge in [-0.1, -0.05) is 55.5 Å². The smallest absolute Gasteiger partial charge is 0.265 e. The summed E-state index contributed by atoms with van der Waals surface area (Å²) in [5.41, 5.74) is 7.52. The van der Waals surface area contributed by atoms with Crippen LogP contribution in [-0.2, 0) is 13.2 Å². The maximum absolute atomic E-state index is 5.92. The summed E-state index contributed by atoms with van der Waals surface area (Å²) in [4.78, 5) is 4.68. The first-order valence-corrected chi connectivity index (χ1v) is 11.5. The lowest BCUT2D eigenvalue weighted by molar-refractivity contribution is 0.284. The minimum atomic E-state index is 0.337. The number of nitrogens with zero attached hydrogens (tertiary/aromatic N) is 5. The summed E-state index contributed by atoms with van der Waals surface area (Å²) in [6, 6.07) is 23.8. The second-order valence-electron chi connectivity index (χ2n) is 8.03. The predicted octanol–water partition coefficient (Wildman–Crippen LogP) is 5.42. The van der Waals surface area contributed by atoms with Crippen LogP contribution in [0.25, 0.3) is 22.1 Å². The number of anilines is 1. The van der Waals surface area contributed by atoms with Gasteiger partial charge in [-0.2, -0.15) is 10.1 Å². The highest BCUT2D eigenvalue weighted by Crippen LogP contribution is 2.29. The van der Waals surface area contributed by atoms with E-state index < -0.39 is 0 Å². The van der Waals surface area contributed by atoms with E-state index in [9.17, 15) is 0 Å². The van der Waals surface area contributed by atoms with E-state index in [0.29, 0.717) is 24.1 Å². The van der Waals surface area contributed by atoms with Crippen LogP contribution < -0.4 is 14.9 Å². The average Bonchev–Trinajstić information content (AvgIpc) is 3.21. The molecule has 2 heterocycles. The molecule has 0 spiro atoms. The highest BCUT2D eigenvalue weighted by atomic mass is 16.5. The van der Waals surface area contributed by atoms with E-state index in [1.54, 1.807) is 13.3 Å². The zero-order valence-corrected chi connectivity index (χ0v) is 19.7.